The van der Waals surface area contributed by atoms with Crippen molar-refractivity contribution >= 4 is 5.97 Å². The largest absolute Gasteiger partial charge is 0.493 e. The van der Waals surface area contributed by atoms with Crippen molar-refractivity contribution in [1.82, 2.24) is 0 Å². The van der Waals surface area contributed by atoms with Gasteiger partial charge in [0.15, 0.2) is 11.5 Å². The number of ether oxygens (including phenoxy) is 2. The second-order valence-corrected chi connectivity index (χ2v) is 4.34. The Balaban J connectivity index is 2.39. The van der Waals surface area contributed by atoms with Gasteiger partial charge in [-0.25, -0.2) is 0 Å². The van der Waals surface area contributed by atoms with Crippen LogP contribution in [0.5, 0.6) is 11.5 Å². The predicted molar refractivity (Wildman–Crippen MR) is 62.7 cm³/mol. The summed E-state index contributed by atoms with van der Waals surface area (Å²) in [7, 11) is 1.59. The maximum absolute atomic E-state index is 10.9. The van der Waals surface area contributed by atoms with E-state index in [4.69, 9.17) is 14.6 Å². The van der Waals surface area contributed by atoms with E-state index in [1.165, 1.54) is 0 Å². The highest BCUT2D eigenvalue weighted by Gasteiger charge is 2.29. The van der Waals surface area contributed by atoms with E-state index in [-0.39, 0.29) is 18.4 Å². The Bertz CT molecular complexity index is 427. The van der Waals surface area contributed by atoms with E-state index in [9.17, 15) is 4.79 Å². The van der Waals surface area contributed by atoms with Gasteiger partial charge in [0.05, 0.1) is 19.6 Å². The number of methoxy groups -OCH3 is 1. The molecule has 4 heteroatoms. The Kier molecular flexibility index (Phi) is 3.22. The van der Waals surface area contributed by atoms with Crippen molar-refractivity contribution in [3.05, 3.63) is 23.8 Å². The maximum Gasteiger partial charge on any atom is 0.303 e. The molecular weight excluding hydrogens is 220 g/mol. The van der Waals surface area contributed by atoms with Gasteiger partial charge in [0.1, 0.15) is 0 Å². The number of carboxylic acid groups (broad SMARTS) is 1. The summed E-state index contributed by atoms with van der Waals surface area (Å²) in [5, 5.41) is 8.93. The quantitative estimate of drug-likeness (QED) is 0.875. The Morgan fingerprint density at radius 1 is 1.59 bits per heavy atom. The van der Waals surface area contributed by atoms with Crippen LogP contribution in [0.1, 0.15) is 31.2 Å². The van der Waals surface area contributed by atoms with Crippen LogP contribution in [-0.2, 0) is 4.79 Å². The lowest BCUT2D eigenvalue weighted by molar-refractivity contribution is -0.137. The molecule has 2 atom stereocenters. The Morgan fingerprint density at radius 2 is 2.35 bits per heavy atom. The summed E-state index contributed by atoms with van der Waals surface area (Å²) in [4.78, 5) is 10.9. The van der Waals surface area contributed by atoms with Crippen LogP contribution >= 0.6 is 0 Å². The van der Waals surface area contributed by atoms with E-state index in [2.05, 4.69) is 0 Å². The Hall–Kier alpha value is -1.71. The summed E-state index contributed by atoms with van der Waals surface area (Å²) in [6.45, 7) is 1.95. The number of hydrogen-bond acceptors (Lipinski definition) is 3. The summed E-state index contributed by atoms with van der Waals surface area (Å²) in [5.74, 6) is 0.587. The van der Waals surface area contributed by atoms with Crippen LogP contribution in [0.3, 0.4) is 0 Å². The average Bonchev–Trinajstić information content (AvgIpc) is 2.27. The van der Waals surface area contributed by atoms with E-state index in [0.717, 1.165) is 12.0 Å². The van der Waals surface area contributed by atoms with Crippen molar-refractivity contribution in [2.45, 2.75) is 31.8 Å². The molecule has 0 spiro atoms. The van der Waals surface area contributed by atoms with Crippen molar-refractivity contribution < 1.29 is 19.4 Å². The molecule has 92 valence electrons. The van der Waals surface area contributed by atoms with Crippen LogP contribution in [-0.4, -0.2) is 24.3 Å². The molecule has 1 aliphatic heterocycles. The molecule has 1 aromatic rings. The lowest BCUT2D eigenvalue weighted by Gasteiger charge is -2.30. The average molecular weight is 236 g/mol. The highest BCUT2D eigenvalue weighted by molar-refractivity contribution is 5.68. The summed E-state index contributed by atoms with van der Waals surface area (Å²) in [6, 6.07) is 5.61. The first-order chi connectivity index (χ1) is 8.11. The van der Waals surface area contributed by atoms with Gasteiger partial charge in [0.25, 0.3) is 0 Å². The summed E-state index contributed by atoms with van der Waals surface area (Å²) < 4.78 is 11.0. The molecule has 4 nitrogen and oxygen atoms in total. The first-order valence-corrected chi connectivity index (χ1v) is 5.67. The number of benzene rings is 1. The number of hydrogen-bond donors (Lipinski definition) is 1. The van der Waals surface area contributed by atoms with Crippen LogP contribution in [0, 0.1) is 0 Å². The van der Waals surface area contributed by atoms with Gasteiger partial charge in [-0.3, -0.25) is 4.79 Å². The predicted octanol–water partition coefficient (Wildman–Crippen LogP) is 2.42. The molecule has 0 saturated carbocycles. The monoisotopic (exact) mass is 236 g/mol. The van der Waals surface area contributed by atoms with Crippen molar-refractivity contribution in [3.63, 3.8) is 0 Å². The highest BCUT2D eigenvalue weighted by atomic mass is 16.5. The second-order valence-electron chi connectivity index (χ2n) is 4.34. The molecule has 0 aliphatic carbocycles. The third kappa shape index (κ3) is 2.35. The minimum Gasteiger partial charge on any atom is -0.493 e. The molecule has 1 N–H and O–H groups in total. The first kappa shape index (κ1) is 11.8. The number of aliphatic carboxylic acids is 1. The molecule has 0 radical (unpaired) electrons. The molecule has 0 saturated heterocycles. The molecule has 1 heterocycles. The molecule has 0 aromatic heterocycles. The van der Waals surface area contributed by atoms with Gasteiger partial charge in [-0.15, -0.1) is 0 Å². The van der Waals surface area contributed by atoms with Gasteiger partial charge in [-0.1, -0.05) is 12.1 Å². The van der Waals surface area contributed by atoms with Crippen molar-refractivity contribution in [2.75, 3.05) is 7.11 Å². The van der Waals surface area contributed by atoms with Crippen molar-refractivity contribution in [2.24, 2.45) is 0 Å². The fraction of sp³-hybridized carbons (Fsp3) is 0.462. The Labute approximate surface area is 100 Å². The van der Waals surface area contributed by atoms with Gasteiger partial charge < -0.3 is 14.6 Å². The molecule has 0 bridgehead atoms. The highest BCUT2D eigenvalue weighted by Crippen LogP contribution is 2.43. The van der Waals surface area contributed by atoms with Crippen LogP contribution in [0.25, 0.3) is 0 Å². The first-order valence-electron chi connectivity index (χ1n) is 5.67. The normalized spacial score (nSPS) is 22.5. The number of para-hydroxylation sites is 1. The number of rotatable bonds is 3. The summed E-state index contributed by atoms with van der Waals surface area (Å²) >= 11 is 0. The van der Waals surface area contributed by atoms with E-state index in [1.54, 1.807) is 7.11 Å². The number of carbonyl (C=O) groups is 1. The van der Waals surface area contributed by atoms with Gasteiger partial charge in [-0.2, -0.15) is 0 Å². The topological polar surface area (TPSA) is 55.8 Å². The van der Waals surface area contributed by atoms with E-state index >= 15 is 0 Å². The van der Waals surface area contributed by atoms with Gasteiger partial charge >= 0.3 is 5.97 Å². The van der Waals surface area contributed by atoms with E-state index < -0.39 is 5.97 Å². The zero-order chi connectivity index (χ0) is 12.4. The standard InChI is InChI=1S/C13H16O4/c1-8-6-9(7-12(14)15)10-4-3-5-11(16-2)13(10)17-8/h3-5,8-9H,6-7H2,1-2H3,(H,14,15). The van der Waals surface area contributed by atoms with Gasteiger partial charge in [0.2, 0.25) is 0 Å². The zero-order valence-corrected chi connectivity index (χ0v) is 9.97. The van der Waals surface area contributed by atoms with Crippen molar-refractivity contribution in [1.29, 1.82) is 0 Å². The fourth-order valence-electron chi connectivity index (χ4n) is 2.32. The SMILES string of the molecule is COc1cccc2c1OC(C)CC2CC(=O)O. The minimum absolute atomic E-state index is 0.00125. The van der Waals surface area contributed by atoms with Crippen LogP contribution in [0.4, 0.5) is 0 Å². The van der Waals surface area contributed by atoms with E-state index in [0.29, 0.717) is 11.5 Å². The lowest BCUT2D eigenvalue weighted by Crippen LogP contribution is -2.24. The van der Waals surface area contributed by atoms with Crippen molar-refractivity contribution in [3.8, 4) is 11.5 Å². The van der Waals surface area contributed by atoms with Crippen LogP contribution < -0.4 is 9.47 Å². The smallest absolute Gasteiger partial charge is 0.303 e. The fourth-order valence-corrected chi connectivity index (χ4v) is 2.32. The number of carboxylic acids is 1. The van der Waals surface area contributed by atoms with Crippen LogP contribution in [0.2, 0.25) is 0 Å². The molecule has 1 aromatic carbocycles. The van der Waals surface area contributed by atoms with Gasteiger partial charge in [-0.05, 0) is 19.4 Å². The summed E-state index contributed by atoms with van der Waals surface area (Å²) in [6.07, 6.45) is 0.878. The van der Waals surface area contributed by atoms with E-state index in [1.807, 2.05) is 25.1 Å². The minimum atomic E-state index is -0.780. The molecule has 1 aliphatic rings. The zero-order valence-electron chi connectivity index (χ0n) is 9.97. The third-order valence-corrected chi connectivity index (χ3v) is 3.03. The van der Waals surface area contributed by atoms with Crippen LogP contribution in [0.15, 0.2) is 18.2 Å². The molecule has 0 fully saturated rings. The molecular formula is C13H16O4. The van der Waals surface area contributed by atoms with Gasteiger partial charge in [0, 0.05) is 11.5 Å². The lowest BCUT2D eigenvalue weighted by atomic mass is 9.87. The molecule has 2 rings (SSSR count). The molecule has 0 amide bonds. The summed E-state index contributed by atoms with van der Waals surface area (Å²) in [5.41, 5.74) is 0.935. The Morgan fingerprint density at radius 3 is 3.00 bits per heavy atom. The third-order valence-electron chi connectivity index (χ3n) is 3.03. The second kappa shape index (κ2) is 4.65. The molecule has 17 heavy (non-hydrogen) atoms. The number of fused-ring (bicyclic) bond motifs is 1. The maximum atomic E-state index is 10.9. The molecule has 2 unspecified atom stereocenters.